The van der Waals surface area contributed by atoms with E-state index < -0.39 is 0 Å². The molecule has 0 spiro atoms. The molecule has 17 heavy (non-hydrogen) atoms. The summed E-state index contributed by atoms with van der Waals surface area (Å²) in [6, 6.07) is 7.99. The van der Waals surface area contributed by atoms with Crippen molar-refractivity contribution in [1.29, 1.82) is 0 Å². The molecule has 0 amide bonds. The van der Waals surface area contributed by atoms with Crippen molar-refractivity contribution in [2.45, 2.75) is 39.0 Å². The standard InChI is InChI=1S/C15H20O2/c1-3-17-13-7-5-12(6-8-13)14-9-4-11(2)10-15(14)16/h5-8,11,14H,3-4,9-10H2,1-2H3/t11-,14+/m1/s1. The predicted molar refractivity (Wildman–Crippen MR) is 68.4 cm³/mol. The largest absolute Gasteiger partial charge is 0.494 e. The lowest BCUT2D eigenvalue weighted by atomic mass is 9.78. The fourth-order valence-corrected chi connectivity index (χ4v) is 2.52. The lowest BCUT2D eigenvalue weighted by Crippen LogP contribution is -2.21. The molecule has 0 radical (unpaired) electrons. The summed E-state index contributed by atoms with van der Waals surface area (Å²) in [7, 11) is 0. The monoisotopic (exact) mass is 232 g/mol. The minimum atomic E-state index is 0.113. The van der Waals surface area contributed by atoms with Crippen LogP contribution in [0.5, 0.6) is 5.75 Å². The van der Waals surface area contributed by atoms with Crippen LogP contribution >= 0.6 is 0 Å². The van der Waals surface area contributed by atoms with Crippen molar-refractivity contribution in [2.24, 2.45) is 5.92 Å². The highest BCUT2D eigenvalue weighted by atomic mass is 16.5. The number of rotatable bonds is 3. The number of hydrogen-bond donors (Lipinski definition) is 0. The zero-order valence-corrected chi connectivity index (χ0v) is 10.6. The molecule has 0 aliphatic heterocycles. The molecule has 0 bridgehead atoms. The van der Waals surface area contributed by atoms with E-state index in [0.717, 1.165) is 30.6 Å². The normalized spacial score (nSPS) is 24.7. The molecule has 1 aromatic carbocycles. The summed E-state index contributed by atoms with van der Waals surface area (Å²) in [6.45, 7) is 4.81. The average Bonchev–Trinajstić information content (AvgIpc) is 2.31. The predicted octanol–water partition coefficient (Wildman–Crippen LogP) is 3.56. The van der Waals surface area contributed by atoms with Crippen molar-refractivity contribution in [3.8, 4) is 5.75 Å². The second-order valence-corrected chi connectivity index (χ2v) is 4.91. The molecule has 0 unspecified atom stereocenters. The molecule has 0 heterocycles. The lowest BCUT2D eigenvalue weighted by Gasteiger charge is -2.25. The van der Waals surface area contributed by atoms with Crippen molar-refractivity contribution in [2.75, 3.05) is 6.61 Å². The zero-order valence-electron chi connectivity index (χ0n) is 10.6. The van der Waals surface area contributed by atoms with Crippen LogP contribution in [-0.2, 0) is 4.79 Å². The van der Waals surface area contributed by atoms with Crippen LogP contribution in [0.3, 0.4) is 0 Å². The first-order valence-electron chi connectivity index (χ1n) is 6.46. The molecule has 92 valence electrons. The molecule has 2 atom stereocenters. The van der Waals surface area contributed by atoms with Gasteiger partial charge in [0.05, 0.1) is 6.61 Å². The molecule has 0 saturated heterocycles. The Labute approximate surface area is 103 Å². The van der Waals surface area contributed by atoms with Gasteiger partial charge in [0.15, 0.2) is 0 Å². The van der Waals surface area contributed by atoms with Gasteiger partial charge in [0.2, 0.25) is 0 Å². The first kappa shape index (κ1) is 12.2. The molecular formula is C15H20O2. The van der Waals surface area contributed by atoms with E-state index >= 15 is 0 Å². The highest BCUT2D eigenvalue weighted by Gasteiger charge is 2.27. The smallest absolute Gasteiger partial charge is 0.140 e. The first-order valence-corrected chi connectivity index (χ1v) is 6.46. The minimum Gasteiger partial charge on any atom is -0.494 e. The fraction of sp³-hybridized carbons (Fsp3) is 0.533. The number of carbonyl (C=O) groups excluding carboxylic acids is 1. The van der Waals surface area contributed by atoms with Crippen molar-refractivity contribution in [3.05, 3.63) is 29.8 Å². The molecule has 1 saturated carbocycles. The van der Waals surface area contributed by atoms with Crippen LogP contribution in [0, 0.1) is 5.92 Å². The molecule has 2 heteroatoms. The van der Waals surface area contributed by atoms with Crippen molar-refractivity contribution < 1.29 is 9.53 Å². The summed E-state index contributed by atoms with van der Waals surface area (Å²) in [5.41, 5.74) is 1.14. The van der Waals surface area contributed by atoms with E-state index in [0.29, 0.717) is 18.3 Å². The van der Waals surface area contributed by atoms with Gasteiger partial charge in [-0.15, -0.1) is 0 Å². The Morgan fingerprint density at radius 3 is 2.53 bits per heavy atom. The summed E-state index contributed by atoms with van der Waals surface area (Å²) < 4.78 is 5.41. The first-order chi connectivity index (χ1) is 8.20. The topological polar surface area (TPSA) is 26.3 Å². The van der Waals surface area contributed by atoms with Gasteiger partial charge in [-0.25, -0.2) is 0 Å². The van der Waals surface area contributed by atoms with Crippen LogP contribution in [0.4, 0.5) is 0 Å². The van der Waals surface area contributed by atoms with Gasteiger partial charge in [-0.2, -0.15) is 0 Å². The maximum atomic E-state index is 12.0. The Morgan fingerprint density at radius 1 is 1.24 bits per heavy atom. The van der Waals surface area contributed by atoms with Gasteiger partial charge < -0.3 is 4.74 Å². The average molecular weight is 232 g/mol. The van der Waals surface area contributed by atoms with E-state index in [1.165, 1.54) is 0 Å². The molecule has 1 aliphatic carbocycles. The molecular weight excluding hydrogens is 212 g/mol. The molecule has 0 aromatic heterocycles. The van der Waals surface area contributed by atoms with Gasteiger partial charge in [-0.05, 0) is 43.4 Å². The summed E-state index contributed by atoms with van der Waals surface area (Å²) in [5, 5.41) is 0. The number of Topliss-reactive ketones (excluding diaryl/α,β-unsaturated/α-hetero) is 1. The number of ketones is 1. The molecule has 0 N–H and O–H groups in total. The Morgan fingerprint density at radius 2 is 1.94 bits per heavy atom. The van der Waals surface area contributed by atoms with E-state index in [1.54, 1.807) is 0 Å². The van der Waals surface area contributed by atoms with Gasteiger partial charge in [0.25, 0.3) is 0 Å². The van der Waals surface area contributed by atoms with E-state index in [-0.39, 0.29) is 5.92 Å². The Balaban J connectivity index is 2.09. The molecule has 1 aliphatic rings. The third-order valence-electron chi connectivity index (χ3n) is 3.48. The van der Waals surface area contributed by atoms with E-state index in [2.05, 4.69) is 6.92 Å². The quantitative estimate of drug-likeness (QED) is 0.796. The van der Waals surface area contributed by atoms with Crippen LogP contribution in [0.1, 0.15) is 44.6 Å². The molecule has 1 aromatic rings. The van der Waals surface area contributed by atoms with E-state index in [9.17, 15) is 4.79 Å². The van der Waals surface area contributed by atoms with Crippen LogP contribution < -0.4 is 4.74 Å². The highest BCUT2D eigenvalue weighted by Crippen LogP contribution is 2.33. The van der Waals surface area contributed by atoms with Crippen LogP contribution in [0.2, 0.25) is 0 Å². The Hall–Kier alpha value is -1.31. The SMILES string of the molecule is CCOc1ccc([C@@H]2CC[C@@H](C)CC2=O)cc1. The summed E-state index contributed by atoms with van der Waals surface area (Å²) in [5.74, 6) is 1.95. The number of carbonyl (C=O) groups is 1. The van der Waals surface area contributed by atoms with E-state index in [1.807, 2.05) is 31.2 Å². The van der Waals surface area contributed by atoms with Crippen molar-refractivity contribution in [3.63, 3.8) is 0 Å². The van der Waals surface area contributed by atoms with Gasteiger partial charge in [0.1, 0.15) is 11.5 Å². The molecule has 2 rings (SSSR count). The third kappa shape index (κ3) is 2.87. The third-order valence-corrected chi connectivity index (χ3v) is 3.48. The Kier molecular flexibility index (Phi) is 3.82. The van der Waals surface area contributed by atoms with Crippen molar-refractivity contribution >= 4 is 5.78 Å². The van der Waals surface area contributed by atoms with Gasteiger partial charge in [-0.3, -0.25) is 4.79 Å². The summed E-state index contributed by atoms with van der Waals surface area (Å²) in [4.78, 5) is 12.0. The summed E-state index contributed by atoms with van der Waals surface area (Å²) in [6.07, 6.45) is 2.88. The lowest BCUT2D eigenvalue weighted by molar-refractivity contribution is -0.123. The van der Waals surface area contributed by atoms with Gasteiger partial charge in [0, 0.05) is 12.3 Å². The molecule has 2 nitrogen and oxygen atoms in total. The van der Waals surface area contributed by atoms with Crippen LogP contribution in [-0.4, -0.2) is 12.4 Å². The van der Waals surface area contributed by atoms with E-state index in [4.69, 9.17) is 4.74 Å². The maximum absolute atomic E-state index is 12.0. The number of ether oxygens (including phenoxy) is 1. The van der Waals surface area contributed by atoms with Gasteiger partial charge in [-0.1, -0.05) is 19.1 Å². The fourth-order valence-electron chi connectivity index (χ4n) is 2.52. The summed E-state index contributed by atoms with van der Waals surface area (Å²) >= 11 is 0. The van der Waals surface area contributed by atoms with Crippen LogP contribution in [0.15, 0.2) is 24.3 Å². The maximum Gasteiger partial charge on any atom is 0.140 e. The van der Waals surface area contributed by atoms with Gasteiger partial charge >= 0.3 is 0 Å². The Bertz CT molecular complexity index is 380. The highest BCUT2D eigenvalue weighted by molar-refractivity contribution is 5.86. The second kappa shape index (κ2) is 5.35. The second-order valence-electron chi connectivity index (χ2n) is 4.91. The van der Waals surface area contributed by atoms with Crippen LogP contribution in [0.25, 0.3) is 0 Å². The molecule has 1 fully saturated rings. The number of hydrogen-bond acceptors (Lipinski definition) is 2. The zero-order chi connectivity index (χ0) is 12.3. The minimum absolute atomic E-state index is 0.113. The number of benzene rings is 1. The van der Waals surface area contributed by atoms with Crippen molar-refractivity contribution in [1.82, 2.24) is 0 Å².